The van der Waals surface area contributed by atoms with Crippen molar-refractivity contribution in [3.8, 4) is 12.3 Å². The predicted molar refractivity (Wildman–Crippen MR) is 55.9 cm³/mol. The van der Waals surface area contributed by atoms with Crippen LogP contribution in [0.25, 0.3) is 0 Å². The third-order valence-corrected chi connectivity index (χ3v) is 1.16. The molecule has 74 valence electrons. The molecule has 5 heteroatoms. The standard InChI is InChI=1S/C7H14N2O.2ClH/c1-3-4-9(2)6-7(10)5-8;;/h1,7,10H,4-6,8H2,2H3;2*1H. The van der Waals surface area contributed by atoms with Gasteiger partial charge >= 0.3 is 0 Å². The predicted octanol–water partition coefficient (Wildman–Crippen LogP) is -0.285. The topological polar surface area (TPSA) is 49.5 Å². The van der Waals surface area contributed by atoms with E-state index < -0.39 is 6.10 Å². The van der Waals surface area contributed by atoms with Gasteiger partial charge in [0.05, 0.1) is 12.6 Å². The second kappa shape index (κ2) is 11.0. The summed E-state index contributed by atoms with van der Waals surface area (Å²) >= 11 is 0. The van der Waals surface area contributed by atoms with E-state index in [0.717, 1.165) is 0 Å². The van der Waals surface area contributed by atoms with Crippen LogP contribution < -0.4 is 5.73 Å². The van der Waals surface area contributed by atoms with Gasteiger partial charge in [-0.3, -0.25) is 4.90 Å². The number of nitrogens with two attached hydrogens (primary N) is 1. The summed E-state index contributed by atoms with van der Waals surface area (Å²) in [6.07, 6.45) is 4.58. The average molecular weight is 215 g/mol. The van der Waals surface area contributed by atoms with Crippen molar-refractivity contribution in [3.63, 3.8) is 0 Å². The maximum atomic E-state index is 9.02. The van der Waals surface area contributed by atoms with Crippen LogP contribution in [0.2, 0.25) is 0 Å². The molecule has 0 aromatic carbocycles. The zero-order valence-corrected chi connectivity index (χ0v) is 8.70. The van der Waals surface area contributed by atoms with E-state index in [1.54, 1.807) is 0 Å². The van der Waals surface area contributed by atoms with Crippen LogP contribution in [0.3, 0.4) is 0 Å². The Bertz CT molecular complexity index is 127. The van der Waals surface area contributed by atoms with Crippen LogP contribution in [0.5, 0.6) is 0 Å². The first-order valence-electron chi connectivity index (χ1n) is 3.20. The second-order valence-corrected chi connectivity index (χ2v) is 2.29. The number of likely N-dealkylation sites (N-methyl/N-ethyl adjacent to an activating group) is 1. The van der Waals surface area contributed by atoms with Crippen molar-refractivity contribution in [1.82, 2.24) is 4.90 Å². The Morgan fingerprint density at radius 2 is 2.08 bits per heavy atom. The summed E-state index contributed by atoms with van der Waals surface area (Å²) in [6.45, 7) is 1.38. The van der Waals surface area contributed by atoms with Gasteiger partial charge in [0, 0.05) is 13.1 Å². The molecule has 0 saturated carbocycles. The third-order valence-electron chi connectivity index (χ3n) is 1.16. The van der Waals surface area contributed by atoms with Crippen LogP contribution in [0.15, 0.2) is 0 Å². The lowest BCUT2D eigenvalue weighted by molar-refractivity contribution is 0.139. The van der Waals surface area contributed by atoms with Gasteiger partial charge in [-0.05, 0) is 7.05 Å². The van der Waals surface area contributed by atoms with E-state index in [2.05, 4.69) is 5.92 Å². The van der Waals surface area contributed by atoms with Crippen LogP contribution in [0, 0.1) is 12.3 Å². The van der Waals surface area contributed by atoms with Gasteiger partial charge in [-0.2, -0.15) is 0 Å². The third kappa shape index (κ3) is 10.0. The van der Waals surface area contributed by atoms with Gasteiger partial charge in [0.25, 0.3) is 0 Å². The van der Waals surface area contributed by atoms with Gasteiger partial charge in [-0.15, -0.1) is 31.2 Å². The highest BCUT2D eigenvalue weighted by molar-refractivity contribution is 5.85. The van der Waals surface area contributed by atoms with E-state index in [4.69, 9.17) is 17.3 Å². The number of aliphatic hydroxyl groups is 1. The smallest absolute Gasteiger partial charge is 0.0789 e. The summed E-state index contributed by atoms with van der Waals surface area (Å²) in [5, 5.41) is 9.02. The molecule has 0 spiro atoms. The number of terminal acetylenes is 1. The van der Waals surface area contributed by atoms with Gasteiger partial charge in [-0.1, -0.05) is 5.92 Å². The number of halogens is 2. The summed E-state index contributed by atoms with van der Waals surface area (Å²) in [7, 11) is 1.85. The summed E-state index contributed by atoms with van der Waals surface area (Å²) in [5.74, 6) is 2.47. The molecule has 0 aliphatic rings. The molecule has 3 nitrogen and oxygen atoms in total. The Morgan fingerprint density at radius 1 is 1.58 bits per heavy atom. The highest BCUT2D eigenvalue weighted by atomic mass is 35.5. The fourth-order valence-corrected chi connectivity index (χ4v) is 0.655. The van der Waals surface area contributed by atoms with Crippen LogP contribution >= 0.6 is 24.8 Å². The molecule has 0 aromatic heterocycles. The van der Waals surface area contributed by atoms with Crippen molar-refractivity contribution in [2.45, 2.75) is 6.10 Å². The Hall–Kier alpha value is 0.0200. The highest BCUT2D eigenvalue weighted by Gasteiger charge is 2.03. The zero-order valence-electron chi connectivity index (χ0n) is 7.06. The van der Waals surface area contributed by atoms with Crippen molar-refractivity contribution in [2.24, 2.45) is 5.73 Å². The summed E-state index contributed by atoms with van der Waals surface area (Å²) < 4.78 is 0. The first kappa shape index (κ1) is 17.9. The lowest BCUT2D eigenvalue weighted by Crippen LogP contribution is -2.34. The van der Waals surface area contributed by atoms with Crippen LogP contribution in [-0.4, -0.2) is 42.8 Å². The Morgan fingerprint density at radius 3 is 2.42 bits per heavy atom. The molecule has 0 saturated heterocycles. The molecule has 0 bridgehead atoms. The van der Waals surface area contributed by atoms with Crippen LogP contribution in [-0.2, 0) is 0 Å². The number of hydrogen-bond acceptors (Lipinski definition) is 3. The fourth-order valence-electron chi connectivity index (χ4n) is 0.655. The van der Waals surface area contributed by atoms with Gasteiger partial charge < -0.3 is 10.8 Å². The zero-order chi connectivity index (χ0) is 7.98. The maximum Gasteiger partial charge on any atom is 0.0789 e. The monoisotopic (exact) mass is 214 g/mol. The Labute approximate surface area is 86.1 Å². The minimum absolute atomic E-state index is 0. The van der Waals surface area contributed by atoms with Gasteiger partial charge in [-0.25, -0.2) is 0 Å². The van der Waals surface area contributed by atoms with E-state index in [1.807, 2.05) is 11.9 Å². The number of nitrogens with zero attached hydrogens (tertiary/aromatic N) is 1. The largest absolute Gasteiger partial charge is 0.390 e. The Balaban J connectivity index is -0.000000405. The molecule has 0 aliphatic heterocycles. The average Bonchev–Trinajstić information content (AvgIpc) is 1.88. The van der Waals surface area contributed by atoms with Gasteiger partial charge in [0.2, 0.25) is 0 Å². The molecule has 0 radical (unpaired) electrons. The molecule has 0 aromatic rings. The molecule has 0 fully saturated rings. The summed E-state index contributed by atoms with van der Waals surface area (Å²) in [6, 6.07) is 0. The fraction of sp³-hybridized carbons (Fsp3) is 0.714. The summed E-state index contributed by atoms with van der Waals surface area (Å²) in [5.41, 5.74) is 5.19. The minimum Gasteiger partial charge on any atom is -0.390 e. The van der Waals surface area contributed by atoms with Crippen molar-refractivity contribution < 1.29 is 5.11 Å². The number of aliphatic hydroxyl groups excluding tert-OH is 1. The molecule has 0 heterocycles. The van der Waals surface area contributed by atoms with Crippen LogP contribution in [0.4, 0.5) is 0 Å². The highest BCUT2D eigenvalue weighted by Crippen LogP contribution is 1.84. The minimum atomic E-state index is -0.460. The summed E-state index contributed by atoms with van der Waals surface area (Å²) in [4.78, 5) is 1.84. The first-order chi connectivity index (χ1) is 4.70. The van der Waals surface area contributed by atoms with E-state index in [9.17, 15) is 0 Å². The van der Waals surface area contributed by atoms with E-state index >= 15 is 0 Å². The van der Waals surface area contributed by atoms with Gasteiger partial charge in [0.1, 0.15) is 0 Å². The van der Waals surface area contributed by atoms with E-state index in [0.29, 0.717) is 13.1 Å². The van der Waals surface area contributed by atoms with Crippen molar-refractivity contribution in [3.05, 3.63) is 0 Å². The van der Waals surface area contributed by atoms with Crippen molar-refractivity contribution >= 4 is 24.8 Å². The normalized spacial score (nSPS) is 10.9. The molecular weight excluding hydrogens is 199 g/mol. The molecule has 3 N–H and O–H groups in total. The van der Waals surface area contributed by atoms with Crippen molar-refractivity contribution in [1.29, 1.82) is 0 Å². The van der Waals surface area contributed by atoms with E-state index in [1.165, 1.54) is 0 Å². The Kier molecular flexibility index (Phi) is 16.5. The van der Waals surface area contributed by atoms with Crippen molar-refractivity contribution in [2.75, 3.05) is 26.7 Å². The molecular formula is C7H16Cl2N2O. The van der Waals surface area contributed by atoms with E-state index in [-0.39, 0.29) is 31.4 Å². The quantitative estimate of drug-likeness (QED) is 0.634. The SMILES string of the molecule is C#CCN(C)CC(O)CN.Cl.Cl. The molecule has 1 unspecified atom stereocenters. The van der Waals surface area contributed by atoms with Crippen LogP contribution in [0.1, 0.15) is 0 Å². The lowest BCUT2D eigenvalue weighted by Gasteiger charge is -2.16. The number of hydrogen-bond donors (Lipinski definition) is 2. The number of rotatable bonds is 4. The molecule has 0 aliphatic carbocycles. The molecule has 0 rings (SSSR count). The molecule has 0 amide bonds. The lowest BCUT2D eigenvalue weighted by atomic mass is 10.3. The van der Waals surface area contributed by atoms with Gasteiger partial charge in [0.15, 0.2) is 0 Å². The second-order valence-electron chi connectivity index (χ2n) is 2.29. The molecule has 12 heavy (non-hydrogen) atoms. The molecule has 1 atom stereocenters. The first-order valence-corrected chi connectivity index (χ1v) is 3.20. The maximum absolute atomic E-state index is 9.02.